The van der Waals surface area contributed by atoms with Gasteiger partial charge in [-0.15, -0.1) is 0 Å². The predicted octanol–water partition coefficient (Wildman–Crippen LogP) is 1.59. The molecular formula is C14H17F2NO5S. The van der Waals surface area contributed by atoms with Crippen molar-refractivity contribution < 1.29 is 31.5 Å². The molecule has 2 rings (SSSR count). The molecule has 0 aromatic heterocycles. The molecule has 0 atom stereocenters. The second kappa shape index (κ2) is 6.40. The van der Waals surface area contributed by atoms with Gasteiger partial charge in [0.15, 0.2) is 4.90 Å². The molecule has 1 N–H and O–H groups in total. The third kappa shape index (κ3) is 3.30. The predicted molar refractivity (Wildman–Crippen MR) is 76.4 cm³/mol. The number of hydrogen-bond acceptors (Lipinski definition) is 5. The molecule has 0 radical (unpaired) electrons. The number of carbonyl (C=O) groups is 1. The number of methoxy groups -OCH3 is 2. The van der Waals surface area contributed by atoms with E-state index in [1.807, 2.05) is 0 Å². The number of amides is 1. The minimum Gasteiger partial charge on any atom is -0.497 e. The third-order valence-corrected chi connectivity index (χ3v) is 5.30. The van der Waals surface area contributed by atoms with Gasteiger partial charge in [0.1, 0.15) is 17.4 Å². The van der Waals surface area contributed by atoms with E-state index >= 15 is 0 Å². The number of ether oxygens (including phenoxy) is 2. The number of rotatable bonds is 6. The highest BCUT2D eigenvalue weighted by molar-refractivity contribution is 7.90. The van der Waals surface area contributed by atoms with Gasteiger partial charge in [0.05, 0.1) is 19.1 Å². The van der Waals surface area contributed by atoms with Crippen molar-refractivity contribution in [1.82, 2.24) is 4.72 Å². The average molecular weight is 349 g/mol. The van der Waals surface area contributed by atoms with E-state index < -0.39 is 37.9 Å². The molecular weight excluding hydrogens is 332 g/mol. The number of nitrogens with one attached hydrogen (secondary N) is 1. The molecule has 6 nitrogen and oxygen atoms in total. The van der Waals surface area contributed by atoms with Gasteiger partial charge in [0.25, 0.3) is 10.0 Å². The first-order valence-electron chi connectivity index (χ1n) is 6.85. The Hall–Kier alpha value is -1.74. The van der Waals surface area contributed by atoms with Crippen LogP contribution in [0.1, 0.15) is 19.3 Å². The van der Waals surface area contributed by atoms with E-state index in [4.69, 9.17) is 4.74 Å². The van der Waals surface area contributed by atoms with Crippen molar-refractivity contribution in [3.05, 3.63) is 23.8 Å². The standard InChI is InChI=1S/C14H17F2NO5S/c1-21-8-14(4-3-5-14)13(18)17-23(19,20)12-10(15)6-9(22-2)7-11(12)16/h6-7H,3-5,8H2,1-2H3,(H,17,18). The number of halogens is 2. The lowest BCUT2D eigenvalue weighted by molar-refractivity contribution is -0.138. The summed E-state index contributed by atoms with van der Waals surface area (Å²) >= 11 is 0. The molecule has 1 aromatic carbocycles. The summed E-state index contributed by atoms with van der Waals surface area (Å²) in [7, 11) is -2.10. The molecule has 0 spiro atoms. The van der Waals surface area contributed by atoms with Crippen LogP contribution in [0.3, 0.4) is 0 Å². The van der Waals surface area contributed by atoms with Crippen molar-refractivity contribution >= 4 is 15.9 Å². The summed E-state index contributed by atoms with van der Waals surface area (Å²) < 4.78 is 63.5. The van der Waals surface area contributed by atoms with Crippen molar-refractivity contribution in [2.45, 2.75) is 24.2 Å². The monoisotopic (exact) mass is 349 g/mol. The normalized spacial score (nSPS) is 16.5. The Balaban J connectivity index is 2.31. The molecule has 1 amide bonds. The maximum atomic E-state index is 13.9. The van der Waals surface area contributed by atoms with Gasteiger partial charge in [0.2, 0.25) is 5.91 Å². The topological polar surface area (TPSA) is 81.7 Å². The summed E-state index contributed by atoms with van der Waals surface area (Å²) in [5.74, 6) is -3.66. The fourth-order valence-corrected chi connectivity index (χ4v) is 3.70. The number of sulfonamides is 1. The van der Waals surface area contributed by atoms with Crippen LogP contribution in [0.25, 0.3) is 0 Å². The molecule has 0 bridgehead atoms. The smallest absolute Gasteiger partial charge is 0.269 e. The zero-order valence-corrected chi connectivity index (χ0v) is 13.5. The summed E-state index contributed by atoms with van der Waals surface area (Å²) in [5.41, 5.74) is -0.971. The van der Waals surface area contributed by atoms with E-state index in [2.05, 4.69) is 4.74 Å². The van der Waals surface area contributed by atoms with Crippen LogP contribution in [-0.2, 0) is 19.6 Å². The van der Waals surface area contributed by atoms with Gasteiger partial charge in [0, 0.05) is 19.2 Å². The summed E-state index contributed by atoms with van der Waals surface area (Å²) in [4.78, 5) is 11.0. The summed E-state index contributed by atoms with van der Waals surface area (Å²) in [6.45, 7) is 0.0436. The minimum atomic E-state index is -4.68. The van der Waals surface area contributed by atoms with E-state index in [0.29, 0.717) is 12.8 Å². The molecule has 1 saturated carbocycles. The second-order valence-electron chi connectivity index (χ2n) is 5.42. The SMILES string of the molecule is COCC1(C(=O)NS(=O)(=O)c2c(F)cc(OC)cc2F)CCC1. The highest BCUT2D eigenvalue weighted by atomic mass is 32.2. The molecule has 23 heavy (non-hydrogen) atoms. The fraction of sp³-hybridized carbons (Fsp3) is 0.500. The Labute approximate surface area is 132 Å². The molecule has 0 aliphatic heterocycles. The first kappa shape index (κ1) is 17.6. The lowest BCUT2D eigenvalue weighted by Crippen LogP contribution is -2.50. The van der Waals surface area contributed by atoms with E-state index in [1.54, 1.807) is 4.72 Å². The molecule has 128 valence electrons. The second-order valence-corrected chi connectivity index (χ2v) is 7.04. The quantitative estimate of drug-likeness (QED) is 0.844. The fourth-order valence-electron chi connectivity index (χ4n) is 2.51. The first-order chi connectivity index (χ1) is 10.8. The minimum absolute atomic E-state index is 0.0436. The molecule has 1 aromatic rings. The van der Waals surface area contributed by atoms with Crippen LogP contribution in [0.5, 0.6) is 5.75 Å². The lowest BCUT2D eigenvalue weighted by Gasteiger charge is -2.39. The van der Waals surface area contributed by atoms with Gasteiger partial charge in [-0.1, -0.05) is 6.42 Å². The van der Waals surface area contributed by atoms with Crippen molar-refractivity contribution in [2.75, 3.05) is 20.8 Å². The lowest BCUT2D eigenvalue weighted by atomic mass is 9.69. The molecule has 1 fully saturated rings. The van der Waals surface area contributed by atoms with Gasteiger partial charge in [-0.05, 0) is 12.8 Å². The number of hydrogen-bond donors (Lipinski definition) is 1. The van der Waals surface area contributed by atoms with Crippen molar-refractivity contribution in [3.8, 4) is 5.75 Å². The van der Waals surface area contributed by atoms with Crippen LogP contribution in [0.15, 0.2) is 17.0 Å². The summed E-state index contributed by atoms with van der Waals surface area (Å²) in [6.07, 6.45) is 1.66. The molecule has 0 unspecified atom stereocenters. The van der Waals surface area contributed by atoms with E-state index in [0.717, 1.165) is 18.6 Å². The van der Waals surface area contributed by atoms with Crippen LogP contribution >= 0.6 is 0 Å². The van der Waals surface area contributed by atoms with Gasteiger partial charge in [-0.3, -0.25) is 4.79 Å². The van der Waals surface area contributed by atoms with Crippen molar-refractivity contribution in [2.24, 2.45) is 5.41 Å². The third-order valence-electron chi connectivity index (χ3n) is 3.92. The Morgan fingerprint density at radius 2 is 1.83 bits per heavy atom. The van der Waals surface area contributed by atoms with Crippen molar-refractivity contribution in [1.29, 1.82) is 0 Å². The number of carbonyl (C=O) groups excluding carboxylic acids is 1. The largest absolute Gasteiger partial charge is 0.497 e. The van der Waals surface area contributed by atoms with Crippen molar-refractivity contribution in [3.63, 3.8) is 0 Å². The highest BCUT2D eigenvalue weighted by Gasteiger charge is 2.46. The maximum Gasteiger partial charge on any atom is 0.269 e. The van der Waals surface area contributed by atoms with Gasteiger partial charge in [-0.25, -0.2) is 21.9 Å². The molecule has 1 aliphatic rings. The Morgan fingerprint density at radius 1 is 1.26 bits per heavy atom. The van der Waals surface area contributed by atoms with Crippen LogP contribution in [0.2, 0.25) is 0 Å². The summed E-state index contributed by atoms with van der Waals surface area (Å²) in [6, 6.07) is 1.47. The highest BCUT2D eigenvalue weighted by Crippen LogP contribution is 2.41. The average Bonchev–Trinajstić information content (AvgIpc) is 2.40. The molecule has 0 heterocycles. The zero-order chi connectivity index (χ0) is 17.3. The molecule has 1 aliphatic carbocycles. The van der Waals surface area contributed by atoms with E-state index in [9.17, 15) is 22.0 Å². The van der Waals surface area contributed by atoms with Gasteiger partial charge in [-0.2, -0.15) is 0 Å². The van der Waals surface area contributed by atoms with E-state index in [1.165, 1.54) is 14.2 Å². The van der Waals surface area contributed by atoms with Crippen LogP contribution in [0.4, 0.5) is 8.78 Å². The molecule has 0 saturated heterocycles. The van der Waals surface area contributed by atoms with E-state index in [-0.39, 0.29) is 12.4 Å². The summed E-state index contributed by atoms with van der Waals surface area (Å²) in [5, 5.41) is 0. The molecule has 9 heteroatoms. The van der Waals surface area contributed by atoms with Crippen LogP contribution in [-0.4, -0.2) is 35.2 Å². The zero-order valence-electron chi connectivity index (χ0n) is 12.7. The maximum absolute atomic E-state index is 13.9. The van der Waals surface area contributed by atoms with Gasteiger partial charge >= 0.3 is 0 Å². The van der Waals surface area contributed by atoms with Crippen LogP contribution < -0.4 is 9.46 Å². The van der Waals surface area contributed by atoms with Gasteiger partial charge < -0.3 is 9.47 Å². The Bertz CT molecular complexity index is 693. The van der Waals surface area contributed by atoms with Crippen LogP contribution in [0, 0.1) is 17.0 Å². The Kier molecular flexibility index (Phi) is 4.90. The first-order valence-corrected chi connectivity index (χ1v) is 8.33. The Morgan fingerprint density at radius 3 is 2.22 bits per heavy atom. The number of benzene rings is 1.